The largest absolute Gasteiger partial charge is 0.416 e. The average molecular weight is 505 g/mol. The maximum atomic E-state index is 12.9. The lowest BCUT2D eigenvalue weighted by molar-refractivity contribution is -0.137. The highest BCUT2D eigenvalue weighted by atomic mass is 19.4. The Morgan fingerprint density at radius 3 is 2.58 bits per heavy atom. The van der Waals surface area contributed by atoms with Crippen LogP contribution < -0.4 is 10.6 Å². The molecule has 2 fully saturated rings. The number of nitrogens with zero attached hydrogens (tertiary/aromatic N) is 2. The first-order valence-corrected chi connectivity index (χ1v) is 12.2. The molecule has 3 N–H and O–H groups in total. The van der Waals surface area contributed by atoms with Crippen LogP contribution in [-0.2, 0) is 16.6 Å². The Bertz CT molecular complexity index is 1080. The van der Waals surface area contributed by atoms with Gasteiger partial charge in [-0.3, -0.25) is 19.9 Å². The van der Waals surface area contributed by atoms with Crippen molar-refractivity contribution in [1.29, 1.82) is 0 Å². The van der Waals surface area contributed by atoms with Gasteiger partial charge in [0.25, 0.3) is 5.91 Å². The zero-order valence-electron chi connectivity index (χ0n) is 20.1. The van der Waals surface area contributed by atoms with Crippen molar-refractivity contribution in [3.63, 3.8) is 0 Å². The second-order valence-corrected chi connectivity index (χ2v) is 9.70. The SMILES string of the molecule is Cc1ccc(C2(O)CCC(N[C@@H]3CCCN3C(=O)CNC(=O)c3cccc(C(F)(F)F)c3)CC2)nc1. The molecule has 36 heavy (non-hydrogen) atoms. The number of hydrogen-bond acceptors (Lipinski definition) is 5. The quantitative estimate of drug-likeness (QED) is 0.560. The minimum Gasteiger partial charge on any atom is -0.384 e. The number of benzene rings is 1. The van der Waals surface area contributed by atoms with Crippen molar-refractivity contribution >= 4 is 11.8 Å². The Morgan fingerprint density at radius 1 is 1.17 bits per heavy atom. The maximum Gasteiger partial charge on any atom is 0.416 e. The predicted octanol–water partition coefficient (Wildman–Crippen LogP) is 3.51. The van der Waals surface area contributed by atoms with Gasteiger partial charge in [-0.25, -0.2) is 0 Å². The fourth-order valence-corrected chi connectivity index (χ4v) is 4.97. The van der Waals surface area contributed by atoms with Crippen molar-refractivity contribution in [2.24, 2.45) is 0 Å². The van der Waals surface area contributed by atoms with E-state index < -0.39 is 23.2 Å². The molecule has 0 spiro atoms. The summed E-state index contributed by atoms with van der Waals surface area (Å²) >= 11 is 0. The third kappa shape index (κ3) is 6.04. The summed E-state index contributed by atoms with van der Waals surface area (Å²) in [5, 5.41) is 17.0. The van der Waals surface area contributed by atoms with Gasteiger partial charge in [-0.2, -0.15) is 13.2 Å². The summed E-state index contributed by atoms with van der Waals surface area (Å²) in [6, 6.07) is 8.06. The van der Waals surface area contributed by atoms with Crippen LogP contribution in [0.15, 0.2) is 42.6 Å². The molecule has 1 aliphatic heterocycles. The smallest absolute Gasteiger partial charge is 0.384 e. The Kier molecular flexibility index (Phi) is 7.65. The Morgan fingerprint density at radius 2 is 1.92 bits per heavy atom. The molecular formula is C26H31F3N4O3. The lowest BCUT2D eigenvalue weighted by Gasteiger charge is -2.38. The highest BCUT2D eigenvalue weighted by Gasteiger charge is 2.38. The number of halogens is 3. The molecule has 4 rings (SSSR count). The molecule has 194 valence electrons. The Hall–Kier alpha value is -2.98. The topological polar surface area (TPSA) is 94.6 Å². The van der Waals surface area contributed by atoms with Gasteiger partial charge in [-0.15, -0.1) is 0 Å². The van der Waals surface area contributed by atoms with E-state index in [9.17, 15) is 27.9 Å². The number of aromatic nitrogens is 1. The number of rotatable bonds is 6. The van der Waals surface area contributed by atoms with Crippen LogP contribution in [0.3, 0.4) is 0 Å². The molecule has 7 nitrogen and oxygen atoms in total. The van der Waals surface area contributed by atoms with Crippen LogP contribution in [0.5, 0.6) is 0 Å². The molecule has 1 aromatic carbocycles. The van der Waals surface area contributed by atoms with Gasteiger partial charge in [0.1, 0.15) is 5.60 Å². The standard InChI is InChI=1S/C26H31F3N4O3/c1-17-7-8-21(30-15-17)25(36)11-9-20(10-12-25)32-22-6-3-13-33(22)23(34)16-31-24(35)18-4-2-5-19(14-18)26(27,28)29/h2,4-5,7-8,14-15,20,22,32,36H,3,6,9-13,16H2,1H3,(H,31,35)/t20?,22-,25?/m0/s1. The van der Waals surface area contributed by atoms with E-state index in [0.717, 1.165) is 43.4 Å². The van der Waals surface area contributed by atoms with Gasteiger partial charge < -0.3 is 15.3 Å². The average Bonchev–Trinajstić information content (AvgIpc) is 3.32. The van der Waals surface area contributed by atoms with Crippen molar-refractivity contribution in [2.45, 2.75) is 69.4 Å². The highest BCUT2D eigenvalue weighted by Crippen LogP contribution is 2.36. The molecule has 0 unspecified atom stereocenters. The number of aryl methyl sites for hydroxylation is 1. The highest BCUT2D eigenvalue weighted by molar-refractivity contribution is 5.96. The first-order chi connectivity index (χ1) is 17.0. The fourth-order valence-electron chi connectivity index (χ4n) is 4.97. The number of carbonyl (C=O) groups is 2. The van der Waals surface area contributed by atoms with Crippen molar-refractivity contribution in [1.82, 2.24) is 20.5 Å². The zero-order valence-corrected chi connectivity index (χ0v) is 20.1. The molecule has 1 aromatic heterocycles. The van der Waals surface area contributed by atoms with E-state index in [4.69, 9.17) is 0 Å². The van der Waals surface area contributed by atoms with Crippen molar-refractivity contribution in [2.75, 3.05) is 13.1 Å². The van der Waals surface area contributed by atoms with Crippen LogP contribution in [0, 0.1) is 6.92 Å². The molecule has 2 heterocycles. The molecule has 2 amide bonds. The second kappa shape index (κ2) is 10.6. The molecule has 1 atom stereocenters. The number of amides is 2. The van der Waals surface area contributed by atoms with Gasteiger partial charge in [0.05, 0.1) is 24.0 Å². The number of carbonyl (C=O) groups excluding carboxylic acids is 2. The summed E-state index contributed by atoms with van der Waals surface area (Å²) < 4.78 is 38.7. The molecule has 1 saturated heterocycles. The number of hydrogen-bond donors (Lipinski definition) is 3. The van der Waals surface area contributed by atoms with Crippen LogP contribution in [0.1, 0.15) is 65.7 Å². The summed E-state index contributed by atoms with van der Waals surface area (Å²) in [5.41, 5.74) is -0.296. The van der Waals surface area contributed by atoms with Crippen LogP contribution in [0.2, 0.25) is 0 Å². The van der Waals surface area contributed by atoms with Gasteiger partial charge in [0.15, 0.2) is 0 Å². The number of alkyl halides is 3. The lowest BCUT2D eigenvalue weighted by Crippen LogP contribution is -2.52. The molecule has 2 aliphatic rings. The summed E-state index contributed by atoms with van der Waals surface area (Å²) in [4.78, 5) is 31.2. The minimum atomic E-state index is -4.55. The summed E-state index contributed by atoms with van der Waals surface area (Å²) in [7, 11) is 0. The molecule has 1 aliphatic carbocycles. The summed E-state index contributed by atoms with van der Waals surface area (Å²) in [6.07, 6.45) is 1.20. The summed E-state index contributed by atoms with van der Waals surface area (Å²) in [6.45, 7) is 2.20. The molecule has 1 saturated carbocycles. The molecular weight excluding hydrogens is 473 g/mol. The van der Waals surface area contributed by atoms with Crippen LogP contribution in [0.4, 0.5) is 13.2 Å². The first-order valence-electron chi connectivity index (χ1n) is 12.2. The van der Waals surface area contributed by atoms with E-state index in [-0.39, 0.29) is 30.2 Å². The maximum absolute atomic E-state index is 12.9. The van der Waals surface area contributed by atoms with Gasteiger partial charge in [-0.05, 0) is 75.3 Å². The van der Waals surface area contributed by atoms with Crippen LogP contribution in [0.25, 0.3) is 0 Å². The third-order valence-corrected chi connectivity index (χ3v) is 7.05. The van der Waals surface area contributed by atoms with E-state index >= 15 is 0 Å². The number of nitrogens with one attached hydrogen (secondary N) is 2. The fraction of sp³-hybridized carbons (Fsp3) is 0.500. The van der Waals surface area contributed by atoms with Gasteiger partial charge in [-0.1, -0.05) is 12.1 Å². The monoisotopic (exact) mass is 504 g/mol. The van der Waals surface area contributed by atoms with Gasteiger partial charge in [0.2, 0.25) is 5.91 Å². The summed E-state index contributed by atoms with van der Waals surface area (Å²) in [5.74, 6) is -1.02. The van der Waals surface area contributed by atoms with E-state index in [2.05, 4.69) is 15.6 Å². The third-order valence-electron chi connectivity index (χ3n) is 7.05. The first kappa shape index (κ1) is 26.1. The number of likely N-dealkylation sites (tertiary alicyclic amines) is 1. The van der Waals surface area contributed by atoms with Crippen molar-refractivity contribution in [3.05, 3.63) is 65.0 Å². The van der Waals surface area contributed by atoms with E-state index in [0.29, 0.717) is 25.1 Å². The number of pyridine rings is 1. The van der Waals surface area contributed by atoms with Crippen molar-refractivity contribution in [3.8, 4) is 0 Å². The van der Waals surface area contributed by atoms with Crippen molar-refractivity contribution < 1.29 is 27.9 Å². The molecule has 10 heteroatoms. The Labute approximate surface area is 208 Å². The van der Waals surface area contributed by atoms with E-state index in [1.165, 1.54) is 12.1 Å². The number of aliphatic hydroxyl groups is 1. The van der Waals surface area contributed by atoms with Gasteiger partial charge >= 0.3 is 6.18 Å². The van der Waals surface area contributed by atoms with Gasteiger partial charge in [0, 0.05) is 24.3 Å². The molecule has 0 bridgehead atoms. The Balaban J connectivity index is 1.28. The molecule has 0 radical (unpaired) electrons. The zero-order chi connectivity index (χ0) is 25.9. The van der Waals surface area contributed by atoms with E-state index in [1.54, 1.807) is 11.1 Å². The molecule has 2 aromatic rings. The predicted molar refractivity (Wildman–Crippen MR) is 127 cm³/mol. The van der Waals surface area contributed by atoms with E-state index in [1.807, 2.05) is 19.1 Å². The van der Waals surface area contributed by atoms with Crippen LogP contribution >= 0.6 is 0 Å². The van der Waals surface area contributed by atoms with Crippen LogP contribution in [-0.4, -0.2) is 52.1 Å². The second-order valence-electron chi connectivity index (χ2n) is 9.70. The minimum absolute atomic E-state index is 0.133. The lowest BCUT2D eigenvalue weighted by atomic mass is 9.79. The normalized spacial score (nSPS) is 24.5.